The molecule has 1 aromatic carbocycles. The summed E-state index contributed by atoms with van der Waals surface area (Å²) in [5.41, 5.74) is 1.14. The van der Waals surface area contributed by atoms with Gasteiger partial charge in [-0.2, -0.15) is 0 Å². The Morgan fingerprint density at radius 1 is 1.44 bits per heavy atom. The van der Waals surface area contributed by atoms with Crippen molar-refractivity contribution in [1.29, 1.82) is 0 Å². The minimum atomic E-state index is 0.0653. The van der Waals surface area contributed by atoms with E-state index in [4.69, 9.17) is 9.47 Å². The first-order chi connectivity index (χ1) is 8.69. The molecule has 0 spiro atoms. The molecule has 0 aromatic heterocycles. The van der Waals surface area contributed by atoms with Gasteiger partial charge in [0.2, 0.25) is 0 Å². The molecule has 4 heteroatoms. The molecule has 0 amide bonds. The Bertz CT molecular complexity index is 393. The van der Waals surface area contributed by atoms with Gasteiger partial charge in [-0.25, -0.2) is 0 Å². The Hall–Kier alpha value is -0.580. The van der Waals surface area contributed by atoms with Crippen molar-refractivity contribution in [1.82, 2.24) is 5.32 Å². The van der Waals surface area contributed by atoms with Crippen molar-refractivity contribution >= 4 is 15.9 Å². The summed E-state index contributed by atoms with van der Waals surface area (Å²) in [4.78, 5) is 0. The maximum absolute atomic E-state index is 6.01. The molecule has 1 aliphatic carbocycles. The smallest absolute Gasteiger partial charge is 0.134 e. The molecule has 0 radical (unpaired) electrons. The van der Waals surface area contributed by atoms with Gasteiger partial charge in [0.05, 0.1) is 6.61 Å². The average Bonchev–Trinajstić information content (AvgIpc) is 3.13. The lowest BCUT2D eigenvalue weighted by Gasteiger charge is -2.20. The molecule has 3 nitrogen and oxygen atoms in total. The summed E-state index contributed by atoms with van der Waals surface area (Å²) in [6.07, 6.45) is 2.64. The Morgan fingerprint density at radius 3 is 2.83 bits per heavy atom. The third-order valence-corrected chi connectivity index (χ3v) is 3.49. The highest BCUT2D eigenvalue weighted by atomic mass is 79.9. The topological polar surface area (TPSA) is 30.5 Å². The van der Waals surface area contributed by atoms with Crippen LogP contribution in [-0.4, -0.2) is 32.4 Å². The average molecular weight is 314 g/mol. The molecule has 0 aliphatic heterocycles. The quantitative estimate of drug-likeness (QED) is 0.839. The second-order valence-corrected chi connectivity index (χ2v) is 5.70. The lowest BCUT2D eigenvalue weighted by molar-refractivity contribution is 0.0799. The molecular weight excluding hydrogens is 294 g/mol. The monoisotopic (exact) mass is 313 g/mol. The van der Waals surface area contributed by atoms with Gasteiger partial charge in [0.25, 0.3) is 0 Å². The fourth-order valence-corrected chi connectivity index (χ4v) is 2.31. The van der Waals surface area contributed by atoms with Crippen LogP contribution < -0.4 is 10.1 Å². The van der Waals surface area contributed by atoms with Gasteiger partial charge in [-0.1, -0.05) is 15.9 Å². The minimum absolute atomic E-state index is 0.0653. The van der Waals surface area contributed by atoms with Crippen LogP contribution in [0, 0.1) is 6.92 Å². The van der Waals surface area contributed by atoms with E-state index in [9.17, 15) is 0 Å². The summed E-state index contributed by atoms with van der Waals surface area (Å²) >= 11 is 3.46. The van der Waals surface area contributed by atoms with E-state index in [2.05, 4.69) is 34.2 Å². The van der Waals surface area contributed by atoms with Gasteiger partial charge in [0.15, 0.2) is 0 Å². The Kier molecular flexibility index (Phi) is 5.03. The second-order valence-electron chi connectivity index (χ2n) is 4.79. The van der Waals surface area contributed by atoms with Crippen molar-refractivity contribution in [2.24, 2.45) is 0 Å². The van der Waals surface area contributed by atoms with Crippen LogP contribution in [0.25, 0.3) is 0 Å². The first kappa shape index (κ1) is 13.8. The van der Waals surface area contributed by atoms with Crippen molar-refractivity contribution in [3.63, 3.8) is 0 Å². The molecule has 0 saturated heterocycles. The Balaban J connectivity index is 1.92. The third kappa shape index (κ3) is 4.26. The van der Waals surface area contributed by atoms with Crippen LogP contribution in [-0.2, 0) is 4.74 Å². The molecule has 0 heterocycles. The van der Waals surface area contributed by atoms with Gasteiger partial charge >= 0.3 is 0 Å². The van der Waals surface area contributed by atoms with Gasteiger partial charge in [-0.15, -0.1) is 0 Å². The fraction of sp³-hybridized carbons (Fsp3) is 0.571. The first-order valence-electron chi connectivity index (χ1n) is 6.34. The number of ether oxygens (including phenoxy) is 2. The fourth-order valence-electron chi connectivity index (χ4n) is 1.83. The van der Waals surface area contributed by atoms with E-state index < -0.39 is 0 Å². The second kappa shape index (κ2) is 6.55. The predicted molar refractivity (Wildman–Crippen MR) is 76.2 cm³/mol. The number of halogens is 1. The summed E-state index contributed by atoms with van der Waals surface area (Å²) in [6, 6.07) is 6.76. The van der Waals surface area contributed by atoms with E-state index in [0.717, 1.165) is 22.3 Å². The van der Waals surface area contributed by atoms with Crippen LogP contribution in [0.2, 0.25) is 0 Å². The zero-order chi connectivity index (χ0) is 13.0. The highest BCUT2D eigenvalue weighted by molar-refractivity contribution is 9.10. The molecule has 1 saturated carbocycles. The number of benzene rings is 1. The number of nitrogens with one attached hydrogen (secondary N) is 1. The third-order valence-electron chi connectivity index (χ3n) is 2.99. The highest BCUT2D eigenvalue weighted by Gasteiger charge is 2.22. The lowest BCUT2D eigenvalue weighted by Crippen LogP contribution is -2.36. The van der Waals surface area contributed by atoms with Crippen molar-refractivity contribution < 1.29 is 9.47 Å². The standard InChI is InChI=1S/C14H20BrNO2/c1-10-7-11(15)3-6-14(10)18-13(9-17-2)8-16-12-4-5-12/h3,6-7,12-13,16H,4-5,8-9H2,1-2H3. The summed E-state index contributed by atoms with van der Waals surface area (Å²) in [5.74, 6) is 0.929. The van der Waals surface area contributed by atoms with Crippen LogP contribution in [0.15, 0.2) is 22.7 Å². The highest BCUT2D eigenvalue weighted by Crippen LogP contribution is 2.23. The molecule has 2 rings (SSSR count). The maximum atomic E-state index is 6.01. The van der Waals surface area contributed by atoms with E-state index >= 15 is 0 Å². The Morgan fingerprint density at radius 2 is 2.22 bits per heavy atom. The molecule has 1 fully saturated rings. The normalized spacial score (nSPS) is 16.6. The van der Waals surface area contributed by atoms with Gasteiger partial charge in [-0.3, -0.25) is 0 Å². The van der Waals surface area contributed by atoms with Crippen molar-refractivity contribution in [2.45, 2.75) is 31.9 Å². The van der Waals surface area contributed by atoms with Gasteiger partial charge in [0, 0.05) is 24.2 Å². The van der Waals surface area contributed by atoms with Crippen LogP contribution in [0.4, 0.5) is 0 Å². The number of hydrogen-bond acceptors (Lipinski definition) is 3. The van der Waals surface area contributed by atoms with E-state index in [-0.39, 0.29) is 6.10 Å². The van der Waals surface area contributed by atoms with Crippen LogP contribution in [0.1, 0.15) is 18.4 Å². The van der Waals surface area contributed by atoms with Gasteiger partial charge < -0.3 is 14.8 Å². The molecule has 1 aliphatic rings. The van der Waals surface area contributed by atoms with E-state index in [1.54, 1.807) is 7.11 Å². The van der Waals surface area contributed by atoms with E-state index in [0.29, 0.717) is 12.6 Å². The molecule has 1 atom stereocenters. The first-order valence-corrected chi connectivity index (χ1v) is 7.13. The number of methoxy groups -OCH3 is 1. The zero-order valence-corrected chi connectivity index (χ0v) is 12.5. The molecule has 18 heavy (non-hydrogen) atoms. The summed E-state index contributed by atoms with van der Waals surface area (Å²) in [6.45, 7) is 3.50. The van der Waals surface area contributed by atoms with Crippen LogP contribution in [0.5, 0.6) is 5.75 Å². The molecule has 0 bridgehead atoms. The van der Waals surface area contributed by atoms with Crippen molar-refractivity contribution in [2.75, 3.05) is 20.3 Å². The van der Waals surface area contributed by atoms with E-state index in [1.165, 1.54) is 12.8 Å². The van der Waals surface area contributed by atoms with E-state index in [1.807, 2.05) is 12.1 Å². The number of rotatable bonds is 7. The zero-order valence-electron chi connectivity index (χ0n) is 10.9. The minimum Gasteiger partial charge on any atom is -0.486 e. The van der Waals surface area contributed by atoms with Crippen molar-refractivity contribution in [3.8, 4) is 5.75 Å². The number of aryl methyl sites for hydroxylation is 1. The summed E-state index contributed by atoms with van der Waals surface area (Å²) in [5, 5.41) is 3.48. The predicted octanol–water partition coefficient (Wildman–Crippen LogP) is 2.90. The molecule has 100 valence electrons. The maximum Gasteiger partial charge on any atom is 0.134 e. The van der Waals surface area contributed by atoms with Crippen LogP contribution in [0.3, 0.4) is 0 Å². The summed E-state index contributed by atoms with van der Waals surface area (Å²) < 4.78 is 12.3. The Labute approximate surface area is 117 Å². The lowest BCUT2D eigenvalue weighted by atomic mass is 10.2. The van der Waals surface area contributed by atoms with Crippen molar-refractivity contribution in [3.05, 3.63) is 28.2 Å². The van der Waals surface area contributed by atoms with Gasteiger partial charge in [0.1, 0.15) is 11.9 Å². The van der Waals surface area contributed by atoms with Crippen LogP contribution >= 0.6 is 15.9 Å². The number of hydrogen-bond donors (Lipinski definition) is 1. The van der Waals surface area contributed by atoms with Gasteiger partial charge in [-0.05, 0) is 43.5 Å². The largest absolute Gasteiger partial charge is 0.486 e. The molecular formula is C14H20BrNO2. The molecule has 1 unspecified atom stereocenters. The molecule has 1 aromatic rings. The molecule has 1 N–H and O–H groups in total. The summed E-state index contributed by atoms with van der Waals surface area (Å²) in [7, 11) is 1.71. The SMILES string of the molecule is COCC(CNC1CC1)Oc1ccc(Br)cc1C.